The van der Waals surface area contributed by atoms with Gasteiger partial charge in [-0.25, -0.2) is 0 Å². The van der Waals surface area contributed by atoms with Crippen molar-refractivity contribution in [3.05, 3.63) is 48.1 Å². The molecule has 2 aromatic heterocycles. The number of nitrogens with zero attached hydrogens (tertiary/aromatic N) is 6. The van der Waals surface area contributed by atoms with Gasteiger partial charge in [0.15, 0.2) is 11.6 Å². The number of ketones is 2. The SMILES string of the molecule is CC.CC.C[C@@]1(O)CC[C@]2(C)C3=CC[C@]4(C)[C@@H](C(=O)Cn5nccn5)CC[C@H]4[C@@H]3CC[C@@H]2C1.C[C@@]1(O)CC[C@]2(C)C3=CC[C@]4(C)[C@@H](C(=O)Cn5nccn5)CC[C@H]4[C@@H]3CC[C@H]2C1. The average molecular weight is 855 g/mol. The van der Waals surface area contributed by atoms with Gasteiger partial charge in [-0.1, -0.05) is 78.7 Å². The second kappa shape index (κ2) is 17.8. The normalized spacial score (nSPS) is 43.6. The third-order valence-electron chi connectivity index (χ3n) is 18.9. The standard InChI is InChI=1S/2C24H35N3O2.2C2H6/c2*1-22(29)10-11-23(2)16(14-22)4-5-17-18-6-7-20(24(18,3)9-8-19(17)23)21(28)15-27-25-12-13-26-27;2*1-2/h2*8,12-13,16-18,20,29H,4-7,9-11,14-15H2,1-3H3;2*1-2H3/t16-,17+,18+,20-,22-,23+,24+;16-,17-,18-,20+,22+,23-,24-;;/m10../s1. The van der Waals surface area contributed by atoms with Crippen LogP contribution in [0.5, 0.6) is 0 Å². The number of Topliss-reactive ketones (excluding diaryl/α,β-unsaturated/α-hetero) is 2. The molecule has 2 N–H and O–H groups in total. The highest BCUT2D eigenvalue weighted by Crippen LogP contribution is 2.68. The van der Waals surface area contributed by atoms with E-state index in [2.05, 4.69) is 60.2 Å². The maximum Gasteiger partial charge on any atom is 0.159 e. The molecule has 10 nitrogen and oxygen atoms in total. The molecule has 10 heteroatoms. The number of hydrogen-bond donors (Lipinski definition) is 2. The molecule has 344 valence electrons. The van der Waals surface area contributed by atoms with Gasteiger partial charge >= 0.3 is 0 Å². The minimum Gasteiger partial charge on any atom is -0.390 e. The van der Waals surface area contributed by atoms with Gasteiger partial charge in [0.05, 0.1) is 36.0 Å². The Bertz CT molecular complexity index is 1800. The number of carbonyl (C=O) groups is 2. The maximum absolute atomic E-state index is 13.1. The molecule has 2 aromatic rings. The molecule has 6 saturated carbocycles. The van der Waals surface area contributed by atoms with Crippen LogP contribution < -0.4 is 0 Å². The Labute approximate surface area is 373 Å². The lowest BCUT2D eigenvalue weighted by Gasteiger charge is -2.58. The fourth-order valence-corrected chi connectivity index (χ4v) is 15.6. The quantitative estimate of drug-likeness (QED) is 0.274. The molecule has 14 atom stereocenters. The molecule has 6 fully saturated rings. The first-order valence-corrected chi connectivity index (χ1v) is 25.1. The molecule has 0 spiro atoms. The third kappa shape index (κ3) is 8.28. The van der Waals surface area contributed by atoms with Crippen LogP contribution in [-0.2, 0) is 22.7 Å². The fourth-order valence-electron chi connectivity index (χ4n) is 15.6. The summed E-state index contributed by atoms with van der Waals surface area (Å²) < 4.78 is 0. The van der Waals surface area contributed by atoms with Gasteiger partial charge in [-0.15, -0.1) is 0 Å². The van der Waals surface area contributed by atoms with E-state index in [4.69, 9.17) is 0 Å². The Hall–Kier alpha value is -2.98. The second-order valence-electron chi connectivity index (χ2n) is 22.3. The van der Waals surface area contributed by atoms with Crippen LogP contribution in [-0.4, -0.2) is 63.0 Å². The predicted molar refractivity (Wildman–Crippen MR) is 244 cm³/mol. The number of aromatic nitrogens is 6. The summed E-state index contributed by atoms with van der Waals surface area (Å²) in [6.07, 6.45) is 28.8. The molecule has 0 amide bonds. The van der Waals surface area contributed by atoms with E-state index in [0.717, 1.165) is 64.2 Å². The summed E-state index contributed by atoms with van der Waals surface area (Å²) in [5.74, 6) is 4.52. The van der Waals surface area contributed by atoms with Crippen LogP contribution in [0.3, 0.4) is 0 Å². The van der Waals surface area contributed by atoms with Crippen LogP contribution in [0, 0.1) is 69.0 Å². The van der Waals surface area contributed by atoms with Crippen molar-refractivity contribution in [3.8, 4) is 0 Å². The molecule has 8 aliphatic carbocycles. The molecule has 62 heavy (non-hydrogen) atoms. The summed E-state index contributed by atoms with van der Waals surface area (Å²) in [5, 5.41) is 37.8. The Morgan fingerprint density at radius 2 is 0.903 bits per heavy atom. The van der Waals surface area contributed by atoms with Crippen molar-refractivity contribution < 1.29 is 19.8 Å². The number of carbonyl (C=O) groups excluding carboxylic acids is 2. The van der Waals surface area contributed by atoms with E-state index in [1.807, 2.05) is 41.5 Å². The molecule has 2 heterocycles. The van der Waals surface area contributed by atoms with Crippen molar-refractivity contribution >= 4 is 11.6 Å². The van der Waals surface area contributed by atoms with Crippen molar-refractivity contribution in [1.29, 1.82) is 0 Å². The van der Waals surface area contributed by atoms with Gasteiger partial charge < -0.3 is 10.2 Å². The van der Waals surface area contributed by atoms with E-state index in [9.17, 15) is 19.8 Å². The van der Waals surface area contributed by atoms with Gasteiger partial charge in [0.1, 0.15) is 13.1 Å². The molecule has 0 unspecified atom stereocenters. The summed E-state index contributed by atoms with van der Waals surface area (Å²) in [4.78, 5) is 29.4. The summed E-state index contributed by atoms with van der Waals surface area (Å²) in [7, 11) is 0. The monoisotopic (exact) mass is 855 g/mol. The summed E-state index contributed by atoms with van der Waals surface area (Å²) in [6.45, 7) is 22.3. The Morgan fingerprint density at radius 1 is 0.548 bits per heavy atom. The lowest BCUT2D eigenvalue weighted by Crippen LogP contribution is -2.51. The van der Waals surface area contributed by atoms with Crippen LogP contribution in [0.15, 0.2) is 48.1 Å². The van der Waals surface area contributed by atoms with Crippen LogP contribution in [0.1, 0.15) is 172 Å². The maximum atomic E-state index is 13.1. The topological polar surface area (TPSA) is 136 Å². The molecule has 8 aliphatic rings. The molecule has 10 rings (SSSR count). The largest absolute Gasteiger partial charge is 0.390 e. The summed E-state index contributed by atoms with van der Waals surface area (Å²) >= 11 is 0. The van der Waals surface area contributed by atoms with Crippen LogP contribution in [0.25, 0.3) is 0 Å². The smallest absolute Gasteiger partial charge is 0.159 e. The van der Waals surface area contributed by atoms with Gasteiger partial charge in [-0.2, -0.15) is 30.0 Å². The van der Waals surface area contributed by atoms with Crippen LogP contribution in [0.4, 0.5) is 0 Å². The lowest BCUT2D eigenvalue weighted by atomic mass is 9.47. The Balaban J connectivity index is 0.000000173. The first-order chi connectivity index (χ1) is 29.5. The van der Waals surface area contributed by atoms with E-state index in [-0.39, 0.29) is 33.5 Å². The van der Waals surface area contributed by atoms with Crippen LogP contribution in [0.2, 0.25) is 0 Å². The van der Waals surface area contributed by atoms with Gasteiger partial charge in [-0.3, -0.25) is 9.59 Å². The van der Waals surface area contributed by atoms with Crippen molar-refractivity contribution in [2.75, 3.05) is 0 Å². The third-order valence-corrected chi connectivity index (χ3v) is 18.9. The zero-order valence-corrected chi connectivity index (χ0v) is 40.2. The molecule has 0 aromatic carbocycles. The molecule has 0 saturated heterocycles. The highest BCUT2D eigenvalue weighted by molar-refractivity contribution is 5.82. The average Bonchev–Trinajstić information content (AvgIpc) is 4.07. The van der Waals surface area contributed by atoms with Gasteiger partial charge in [0.2, 0.25) is 0 Å². The van der Waals surface area contributed by atoms with E-state index >= 15 is 0 Å². The molecule has 0 radical (unpaired) electrons. The zero-order valence-electron chi connectivity index (χ0n) is 40.2. The minimum absolute atomic E-state index is 0.0712. The van der Waals surface area contributed by atoms with Gasteiger partial charge in [0, 0.05) is 11.8 Å². The number of allylic oxidation sites excluding steroid dienone is 4. The van der Waals surface area contributed by atoms with Gasteiger partial charge in [0.25, 0.3) is 0 Å². The molecular weight excluding hydrogens is 773 g/mol. The van der Waals surface area contributed by atoms with Gasteiger partial charge in [-0.05, 0) is 174 Å². The van der Waals surface area contributed by atoms with Crippen LogP contribution >= 0.6 is 0 Å². The number of rotatable bonds is 6. The van der Waals surface area contributed by atoms with Crippen molar-refractivity contribution in [2.45, 2.75) is 196 Å². The summed E-state index contributed by atoms with van der Waals surface area (Å²) in [5.41, 5.74) is 2.99. The van der Waals surface area contributed by atoms with E-state index in [1.54, 1.807) is 35.9 Å². The number of aliphatic hydroxyl groups is 2. The predicted octanol–water partition coefficient (Wildman–Crippen LogP) is 10.4. The fraction of sp³-hybridized carbons (Fsp3) is 0.808. The van der Waals surface area contributed by atoms with Crippen molar-refractivity contribution in [1.82, 2.24) is 30.0 Å². The first kappa shape index (κ1) is 47.0. The second-order valence-corrected chi connectivity index (χ2v) is 22.3. The molecular formula is C52H82N6O4. The van der Waals surface area contributed by atoms with E-state index in [0.29, 0.717) is 60.2 Å². The minimum atomic E-state index is -0.494. The number of fused-ring (bicyclic) bond motifs is 10. The summed E-state index contributed by atoms with van der Waals surface area (Å²) in [6, 6.07) is 0. The Morgan fingerprint density at radius 3 is 1.26 bits per heavy atom. The molecule has 0 bridgehead atoms. The zero-order chi connectivity index (χ0) is 44.9. The van der Waals surface area contributed by atoms with E-state index < -0.39 is 11.2 Å². The number of hydrogen-bond acceptors (Lipinski definition) is 8. The highest BCUT2D eigenvalue weighted by atomic mass is 16.3. The van der Waals surface area contributed by atoms with Crippen molar-refractivity contribution in [2.24, 2.45) is 69.0 Å². The first-order valence-electron chi connectivity index (χ1n) is 25.1. The Kier molecular flexibility index (Phi) is 13.5. The molecule has 0 aliphatic heterocycles. The van der Waals surface area contributed by atoms with E-state index in [1.165, 1.54) is 48.1 Å². The van der Waals surface area contributed by atoms with Crippen molar-refractivity contribution in [3.63, 3.8) is 0 Å². The highest BCUT2D eigenvalue weighted by Gasteiger charge is 2.61. The lowest BCUT2D eigenvalue weighted by molar-refractivity contribution is -0.129.